The lowest BCUT2D eigenvalue weighted by Gasteiger charge is -2.29. The van der Waals surface area contributed by atoms with E-state index < -0.39 is 11.5 Å². The molecule has 2 aliphatic rings. The van der Waals surface area contributed by atoms with Crippen molar-refractivity contribution in [3.8, 4) is 11.5 Å². The summed E-state index contributed by atoms with van der Waals surface area (Å²) in [6.07, 6.45) is 1.60. The fraction of sp³-hybridized carbons (Fsp3) is 0.211. The molecule has 0 radical (unpaired) electrons. The van der Waals surface area contributed by atoms with Gasteiger partial charge >= 0.3 is 0 Å². The molecule has 0 saturated carbocycles. The minimum atomic E-state index is -0.412. The Balaban J connectivity index is 1.60. The van der Waals surface area contributed by atoms with Gasteiger partial charge in [-0.2, -0.15) is 0 Å². The highest BCUT2D eigenvalue weighted by atomic mass is 35.5. The Morgan fingerprint density at radius 3 is 2.68 bits per heavy atom. The van der Waals surface area contributed by atoms with Crippen molar-refractivity contribution < 1.29 is 15.0 Å². The number of carbonyl (C=O) groups is 1. The fourth-order valence-electron chi connectivity index (χ4n) is 3.59. The van der Waals surface area contributed by atoms with Crippen molar-refractivity contribution in [1.82, 2.24) is 4.90 Å². The first kappa shape index (κ1) is 16.3. The minimum absolute atomic E-state index is 0.0387. The van der Waals surface area contributed by atoms with E-state index in [-0.39, 0.29) is 16.5 Å². The Hall–Kier alpha value is -2.17. The van der Waals surface area contributed by atoms with Gasteiger partial charge in [-0.05, 0) is 59.4 Å². The molecular weight excluding hydrogens is 361 g/mol. The molecule has 1 aliphatic carbocycles. The number of hydrogen-bond donors (Lipinski definition) is 2. The second-order valence-corrected chi connectivity index (χ2v) is 7.21. The van der Waals surface area contributed by atoms with Gasteiger partial charge in [-0.1, -0.05) is 29.3 Å². The highest BCUT2D eigenvalue weighted by molar-refractivity contribution is 6.32. The van der Waals surface area contributed by atoms with Crippen molar-refractivity contribution in [3.05, 3.63) is 62.6 Å². The Kier molecular flexibility index (Phi) is 3.89. The van der Waals surface area contributed by atoms with Gasteiger partial charge in [-0.25, -0.2) is 0 Å². The molecule has 1 amide bonds. The third-order valence-corrected chi connectivity index (χ3v) is 5.34. The van der Waals surface area contributed by atoms with E-state index in [1.54, 1.807) is 4.90 Å². The molecule has 0 saturated heterocycles. The van der Waals surface area contributed by atoms with Crippen LogP contribution >= 0.6 is 23.2 Å². The molecule has 2 N–H and O–H groups in total. The molecule has 4 nitrogen and oxygen atoms in total. The zero-order valence-electron chi connectivity index (χ0n) is 13.2. The Labute approximate surface area is 154 Å². The second kappa shape index (κ2) is 5.97. The lowest BCUT2D eigenvalue weighted by atomic mass is 9.98. The lowest BCUT2D eigenvalue weighted by Crippen LogP contribution is -2.36. The summed E-state index contributed by atoms with van der Waals surface area (Å²) in [5, 5.41) is 19.9. The predicted octanol–water partition coefficient (Wildman–Crippen LogP) is 4.26. The van der Waals surface area contributed by atoms with Crippen LogP contribution in [0.15, 0.2) is 35.9 Å². The maximum absolute atomic E-state index is 12.8. The molecule has 0 fully saturated rings. The maximum atomic E-state index is 12.8. The smallest absolute Gasteiger partial charge is 0.254 e. The van der Waals surface area contributed by atoms with E-state index in [0.717, 1.165) is 17.9 Å². The average molecular weight is 376 g/mol. The molecule has 4 rings (SSSR count). The highest BCUT2D eigenvalue weighted by Gasteiger charge is 2.30. The van der Waals surface area contributed by atoms with Crippen LogP contribution in [0, 0.1) is 0 Å². The molecular formula is C19H15Cl2NO3. The zero-order chi connectivity index (χ0) is 17.7. The molecule has 0 bridgehead atoms. The molecule has 0 unspecified atom stereocenters. The number of nitrogens with zero attached hydrogens (tertiary/aromatic N) is 1. The van der Waals surface area contributed by atoms with Crippen LogP contribution in [-0.2, 0) is 6.42 Å². The van der Waals surface area contributed by atoms with Gasteiger partial charge in [0.1, 0.15) is 0 Å². The van der Waals surface area contributed by atoms with Gasteiger partial charge in [0.25, 0.3) is 5.91 Å². The summed E-state index contributed by atoms with van der Waals surface area (Å²) in [4.78, 5) is 14.5. The van der Waals surface area contributed by atoms with E-state index in [1.807, 2.05) is 18.2 Å². The number of hydrogen-bond acceptors (Lipinski definition) is 3. The maximum Gasteiger partial charge on any atom is 0.254 e. The molecule has 0 spiro atoms. The van der Waals surface area contributed by atoms with E-state index in [2.05, 4.69) is 0 Å². The molecule has 128 valence electrons. The standard InChI is InChI=1S/C19H15Cl2NO3/c20-13-2-1-10-5-12-9-22(4-3-14(12)15(10)8-13)19(25)11-6-16(21)18(24)17(23)7-11/h1-2,6-8,23-24H,3-5,9H2. The van der Waals surface area contributed by atoms with Crippen molar-refractivity contribution in [2.24, 2.45) is 0 Å². The summed E-state index contributed by atoms with van der Waals surface area (Å²) in [6, 6.07) is 8.56. The SMILES string of the molecule is O=C(c1cc(O)c(O)c(Cl)c1)N1CCC2=C(Cc3ccc(Cl)cc32)C1. The molecule has 25 heavy (non-hydrogen) atoms. The molecule has 2 aromatic rings. The van der Waals surface area contributed by atoms with Gasteiger partial charge < -0.3 is 15.1 Å². The lowest BCUT2D eigenvalue weighted by molar-refractivity contribution is 0.0767. The number of carbonyl (C=O) groups excluding carboxylic acids is 1. The Bertz CT molecular complexity index is 913. The van der Waals surface area contributed by atoms with Gasteiger partial charge in [-0.3, -0.25) is 4.79 Å². The predicted molar refractivity (Wildman–Crippen MR) is 97.4 cm³/mol. The summed E-state index contributed by atoms with van der Waals surface area (Å²) in [5.74, 6) is -1.02. The zero-order valence-corrected chi connectivity index (χ0v) is 14.7. The summed E-state index contributed by atoms with van der Waals surface area (Å²) in [6.45, 7) is 1.13. The molecule has 1 aliphatic heterocycles. The first-order valence-corrected chi connectivity index (χ1v) is 8.70. The third-order valence-electron chi connectivity index (χ3n) is 4.82. The minimum Gasteiger partial charge on any atom is -0.504 e. The van der Waals surface area contributed by atoms with Crippen molar-refractivity contribution in [2.45, 2.75) is 12.8 Å². The fourth-order valence-corrected chi connectivity index (χ4v) is 3.98. The van der Waals surface area contributed by atoms with Crippen molar-refractivity contribution >= 4 is 34.7 Å². The summed E-state index contributed by atoms with van der Waals surface area (Å²) >= 11 is 12.0. The number of amides is 1. The molecule has 6 heteroatoms. The van der Waals surface area contributed by atoms with E-state index in [4.69, 9.17) is 23.2 Å². The second-order valence-electron chi connectivity index (χ2n) is 6.36. The number of benzene rings is 2. The molecule has 0 atom stereocenters. The van der Waals surface area contributed by atoms with E-state index >= 15 is 0 Å². The van der Waals surface area contributed by atoms with Crippen LogP contribution in [0.5, 0.6) is 11.5 Å². The first-order valence-electron chi connectivity index (χ1n) is 7.94. The van der Waals surface area contributed by atoms with Crippen LogP contribution < -0.4 is 0 Å². The number of aromatic hydroxyl groups is 2. The van der Waals surface area contributed by atoms with Crippen LogP contribution in [0.2, 0.25) is 10.0 Å². The van der Waals surface area contributed by atoms with E-state index in [9.17, 15) is 15.0 Å². The van der Waals surface area contributed by atoms with Gasteiger partial charge in [0.05, 0.1) is 5.02 Å². The summed E-state index contributed by atoms with van der Waals surface area (Å²) in [5.41, 5.74) is 5.22. The van der Waals surface area contributed by atoms with Gasteiger partial charge in [0, 0.05) is 23.7 Å². The van der Waals surface area contributed by atoms with Crippen LogP contribution in [0.3, 0.4) is 0 Å². The highest BCUT2D eigenvalue weighted by Crippen LogP contribution is 2.40. The van der Waals surface area contributed by atoms with Crippen LogP contribution in [0.1, 0.15) is 27.9 Å². The molecule has 2 aromatic carbocycles. The Morgan fingerprint density at radius 1 is 1.12 bits per heavy atom. The van der Waals surface area contributed by atoms with Crippen LogP contribution in [0.25, 0.3) is 5.57 Å². The summed E-state index contributed by atoms with van der Waals surface area (Å²) < 4.78 is 0. The largest absolute Gasteiger partial charge is 0.504 e. The van der Waals surface area contributed by atoms with Crippen molar-refractivity contribution in [3.63, 3.8) is 0 Å². The number of rotatable bonds is 1. The normalized spacial score (nSPS) is 16.0. The number of phenolic OH excluding ortho intramolecular Hbond substituents is 2. The number of halogens is 2. The monoisotopic (exact) mass is 375 g/mol. The molecule has 1 heterocycles. The first-order chi connectivity index (χ1) is 11.9. The molecule has 0 aromatic heterocycles. The van der Waals surface area contributed by atoms with E-state index in [0.29, 0.717) is 13.1 Å². The van der Waals surface area contributed by atoms with Crippen molar-refractivity contribution in [2.75, 3.05) is 13.1 Å². The van der Waals surface area contributed by atoms with E-state index in [1.165, 1.54) is 34.4 Å². The quantitative estimate of drug-likeness (QED) is 0.732. The summed E-state index contributed by atoms with van der Waals surface area (Å²) in [7, 11) is 0. The van der Waals surface area contributed by atoms with Crippen LogP contribution in [0.4, 0.5) is 0 Å². The van der Waals surface area contributed by atoms with Gasteiger partial charge in [0.2, 0.25) is 0 Å². The van der Waals surface area contributed by atoms with Crippen LogP contribution in [-0.4, -0.2) is 34.1 Å². The Morgan fingerprint density at radius 2 is 1.92 bits per heavy atom. The topological polar surface area (TPSA) is 60.8 Å². The van der Waals surface area contributed by atoms with Crippen molar-refractivity contribution in [1.29, 1.82) is 0 Å². The number of fused-ring (bicyclic) bond motifs is 2. The van der Waals surface area contributed by atoms with Gasteiger partial charge in [0.15, 0.2) is 11.5 Å². The average Bonchev–Trinajstić information content (AvgIpc) is 2.95. The number of phenols is 2. The third kappa shape index (κ3) is 2.75. The van der Waals surface area contributed by atoms with Gasteiger partial charge in [-0.15, -0.1) is 0 Å².